The molecule has 6 heteroatoms. The van der Waals surface area contributed by atoms with E-state index in [4.69, 9.17) is 15.6 Å². The van der Waals surface area contributed by atoms with Gasteiger partial charge < -0.3 is 20.6 Å². The number of nitrogens with two attached hydrogens (primary N) is 1. The highest BCUT2D eigenvalue weighted by Crippen LogP contribution is 2.25. The van der Waals surface area contributed by atoms with Gasteiger partial charge in [-0.15, -0.1) is 0 Å². The molecule has 0 aliphatic heterocycles. The smallest absolute Gasteiger partial charge is 0.339 e. The van der Waals surface area contributed by atoms with Gasteiger partial charge in [-0.25, -0.2) is 9.78 Å². The highest BCUT2D eigenvalue weighted by Gasteiger charge is 2.13. The van der Waals surface area contributed by atoms with Gasteiger partial charge in [0.2, 0.25) is 0 Å². The Labute approximate surface area is 97.1 Å². The van der Waals surface area contributed by atoms with E-state index in [1.54, 1.807) is 18.3 Å². The van der Waals surface area contributed by atoms with E-state index >= 15 is 0 Å². The maximum absolute atomic E-state index is 11.0. The van der Waals surface area contributed by atoms with Gasteiger partial charge in [-0.1, -0.05) is 0 Å². The van der Waals surface area contributed by atoms with Gasteiger partial charge in [0.1, 0.15) is 11.3 Å². The second-order valence-corrected chi connectivity index (χ2v) is 3.40. The Kier molecular flexibility index (Phi) is 2.70. The zero-order valence-electron chi connectivity index (χ0n) is 9.10. The molecule has 17 heavy (non-hydrogen) atoms. The molecule has 1 aromatic heterocycles. The van der Waals surface area contributed by atoms with Crippen molar-refractivity contribution in [2.45, 2.75) is 0 Å². The van der Waals surface area contributed by atoms with Crippen LogP contribution in [0.4, 0.5) is 5.95 Å². The molecule has 0 fully saturated rings. The number of nitrogens with zero attached hydrogens (tertiary/aromatic N) is 1. The van der Waals surface area contributed by atoms with Crippen molar-refractivity contribution in [1.82, 2.24) is 9.97 Å². The maximum Gasteiger partial charge on any atom is 0.339 e. The summed E-state index contributed by atoms with van der Waals surface area (Å²) < 4.78 is 4.97. The summed E-state index contributed by atoms with van der Waals surface area (Å²) in [5.41, 5.74) is 6.90. The molecule has 4 N–H and O–H groups in total. The normalized spacial score (nSPS) is 10.2. The number of nitrogens with one attached hydrogen (secondary N) is 1. The third kappa shape index (κ3) is 2.05. The first-order valence-corrected chi connectivity index (χ1v) is 4.84. The van der Waals surface area contributed by atoms with Crippen molar-refractivity contribution in [1.29, 1.82) is 0 Å². The van der Waals surface area contributed by atoms with Crippen molar-refractivity contribution in [2.24, 2.45) is 0 Å². The third-order valence-corrected chi connectivity index (χ3v) is 2.34. The summed E-state index contributed by atoms with van der Waals surface area (Å²) in [6.45, 7) is 0. The number of aromatic nitrogens is 2. The van der Waals surface area contributed by atoms with Crippen molar-refractivity contribution in [2.75, 3.05) is 12.8 Å². The highest BCUT2D eigenvalue weighted by molar-refractivity contribution is 5.92. The minimum Gasteiger partial charge on any atom is -0.496 e. The molecule has 0 radical (unpaired) electrons. The van der Waals surface area contributed by atoms with Crippen LogP contribution in [0.5, 0.6) is 5.75 Å². The van der Waals surface area contributed by atoms with Gasteiger partial charge in [-0.2, -0.15) is 0 Å². The molecule has 0 bridgehead atoms. The molecule has 1 aromatic carbocycles. The number of anilines is 1. The molecule has 0 saturated carbocycles. The van der Waals surface area contributed by atoms with Gasteiger partial charge in [0, 0.05) is 5.56 Å². The first-order chi connectivity index (χ1) is 8.11. The first-order valence-electron chi connectivity index (χ1n) is 4.84. The van der Waals surface area contributed by atoms with Crippen LogP contribution in [0.3, 0.4) is 0 Å². The maximum atomic E-state index is 11.0. The molecule has 0 amide bonds. The summed E-state index contributed by atoms with van der Waals surface area (Å²) in [7, 11) is 1.43. The molecular weight excluding hydrogens is 222 g/mol. The number of aromatic carboxylic acids is 1. The number of hydrogen-bond donors (Lipinski definition) is 3. The van der Waals surface area contributed by atoms with Gasteiger partial charge in [0.05, 0.1) is 19.0 Å². The van der Waals surface area contributed by atoms with E-state index in [-0.39, 0.29) is 11.5 Å². The molecule has 0 atom stereocenters. The van der Waals surface area contributed by atoms with Gasteiger partial charge in [-0.3, -0.25) is 0 Å². The molecule has 0 aliphatic rings. The number of carboxylic acids is 1. The predicted octanol–water partition coefficient (Wildman–Crippen LogP) is 1.37. The van der Waals surface area contributed by atoms with E-state index in [1.807, 2.05) is 0 Å². The van der Waals surface area contributed by atoms with E-state index in [1.165, 1.54) is 13.2 Å². The van der Waals surface area contributed by atoms with Crippen LogP contribution >= 0.6 is 0 Å². The van der Waals surface area contributed by atoms with E-state index in [0.29, 0.717) is 17.0 Å². The molecule has 6 nitrogen and oxygen atoms in total. The van der Waals surface area contributed by atoms with E-state index < -0.39 is 5.97 Å². The Balaban J connectivity index is 2.50. The van der Waals surface area contributed by atoms with E-state index in [2.05, 4.69) is 9.97 Å². The number of ether oxygens (including phenoxy) is 1. The van der Waals surface area contributed by atoms with Gasteiger partial charge >= 0.3 is 5.97 Å². The van der Waals surface area contributed by atoms with Crippen LogP contribution in [0, 0.1) is 0 Å². The average molecular weight is 233 g/mol. The van der Waals surface area contributed by atoms with Gasteiger partial charge in [0.25, 0.3) is 0 Å². The molecular formula is C11H11N3O3. The summed E-state index contributed by atoms with van der Waals surface area (Å²) in [5, 5.41) is 9.04. The molecule has 0 aliphatic carbocycles. The Morgan fingerprint density at radius 1 is 1.53 bits per heavy atom. The number of carbonyl (C=O) groups is 1. The lowest BCUT2D eigenvalue weighted by Gasteiger charge is -2.06. The molecule has 0 saturated heterocycles. The molecule has 2 rings (SSSR count). The van der Waals surface area contributed by atoms with Gasteiger partial charge in [0.15, 0.2) is 5.95 Å². The van der Waals surface area contributed by atoms with Gasteiger partial charge in [-0.05, 0) is 18.2 Å². The SMILES string of the molecule is COc1ccc(-c2cnc(N)[nH]2)cc1C(=O)O. The van der Waals surface area contributed by atoms with Crippen molar-refractivity contribution < 1.29 is 14.6 Å². The molecule has 1 heterocycles. The Hall–Kier alpha value is -2.50. The molecule has 0 unspecified atom stereocenters. The number of nitrogen functional groups attached to an aromatic ring is 1. The Bertz CT molecular complexity index is 563. The number of hydrogen-bond acceptors (Lipinski definition) is 4. The Morgan fingerprint density at radius 3 is 2.82 bits per heavy atom. The van der Waals surface area contributed by atoms with Crippen LogP contribution < -0.4 is 10.5 Å². The topological polar surface area (TPSA) is 101 Å². The van der Waals surface area contributed by atoms with Crippen LogP contribution in [-0.4, -0.2) is 28.2 Å². The number of carboxylic acid groups (broad SMARTS) is 1. The summed E-state index contributed by atoms with van der Waals surface area (Å²) >= 11 is 0. The fourth-order valence-corrected chi connectivity index (χ4v) is 1.53. The number of H-pyrrole nitrogens is 1. The fraction of sp³-hybridized carbons (Fsp3) is 0.0909. The lowest BCUT2D eigenvalue weighted by atomic mass is 10.1. The van der Waals surface area contributed by atoms with E-state index in [0.717, 1.165) is 0 Å². The van der Waals surface area contributed by atoms with Crippen molar-refractivity contribution in [3.8, 4) is 17.0 Å². The minimum atomic E-state index is -1.05. The first kappa shape index (κ1) is 11.0. The zero-order chi connectivity index (χ0) is 12.4. The monoisotopic (exact) mass is 233 g/mol. The number of benzene rings is 1. The third-order valence-electron chi connectivity index (χ3n) is 2.34. The van der Waals surface area contributed by atoms with Crippen molar-refractivity contribution >= 4 is 11.9 Å². The van der Waals surface area contributed by atoms with Crippen molar-refractivity contribution in [3.05, 3.63) is 30.0 Å². The van der Waals surface area contributed by atoms with Crippen LogP contribution in [-0.2, 0) is 0 Å². The van der Waals surface area contributed by atoms with E-state index in [9.17, 15) is 4.79 Å². The number of rotatable bonds is 3. The van der Waals surface area contributed by atoms with Crippen LogP contribution in [0.25, 0.3) is 11.3 Å². The molecule has 88 valence electrons. The second kappa shape index (κ2) is 4.17. The molecule has 0 spiro atoms. The minimum absolute atomic E-state index is 0.0955. The highest BCUT2D eigenvalue weighted by atomic mass is 16.5. The largest absolute Gasteiger partial charge is 0.496 e. The standard InChI is InChI=1S/C11H11N3O3/c1-17-9-3-2-6(4-7(9)10(15)16)8-5-13-11(12)14-8/h2-5H,1H3,(H,15,16)(H3,12,13,14). The quantitative estimate of drug-likeness (QED) is 0.743. The van der Waals surface area contributed by atoms with Crippen LogP contribution in [0.2, 0.25) is 0 Å². The number of methoxy groups -OCH3 is 1. The summed E-state index contributed by atoms with van der Waals surface area (Å²) in [6.07, 6.45) is 1.54. The summed E-state index contributed by atoms with van der Waals surface area (Å²) in [5.74, 6) is -0.447. The average Bonchev–Trinajstić information content (AvgIpc) is 2.75. The predicted molar refractivity (Wildman–Crippen MR) is 61.9 cm³/mol. The van der Waals surface area contributed by atoms with Crippen LogP contribution in [0.15, 0.2) is 24.4 Å². The number of aromatic amines is 1. The molecule has 2 aromatic rings. The number of imidazole rings is 1. The zero-order valence-corrected chi connectivity index (χ0v) is 9.10. The van der Waals surface area contributed by atoms with Crippen LogP contribution in [0.1, 0.15) is 10.4 Å². The lowest BCUT2D eigenvalue weighted by Crippen LogP contribution is -2.00. The second-order valence-electron chi connectivity index (χ2n) is 3.40. The van der Waals surface area contributed by atoms with Crippen molar-refractivity contribution in [3.63, 3.8) is 0 Å². The lowest BCUT2D eigenvalue weighted by molar-refractivity contribution is 0.0693. The Morgan fingerprint density at radius 2 is 2.29 bits per heavy atom. The fourth-order valence-electron chi connectivity index (χ4n) is 1.53. The summed E-state index contributed by atoms with van der Waals surface area (Å²) in [6, 6.07) is 4.84. The summed E-state index contributed by atoms with van der Waals surface area (Å²) in [4.78, 5) is 17.7.